The monoisotopic (exact) mass is 266 g/mol. The van der Waals surface area contributed by atoms with Crippen LogP contribution < -0.4 is 4.74 Å². The standard InChI is InChI=1S/C14H18O5/c15-6-5-10-7-11(16)13(17)14(18-10)8-9-3-1-2-4-12(9)19-14/h1-4,10-11,13,15-17H,5-8H2/t10-,11+,13-,14+/m1/s1. The Kier molecular flexibility index (Phi) is 3.22. The molecule has 104 valence electrons. The number of aliphatic hydroxyl groups is 3. The van der Waals surface area contributed by atoms with Crippen LogP contribution in [0.2, 0.25) is 0 Å². The van der Waals surface area contributed by atoms with E-state index in [0.717, 1.165) is 5.56 Å². The molecule has 2 aliphatic heterocycles. The predicted octanol–water partition coefficient (Wildman–Crippen LogP) is 0.211. The van der Waals surface area contributed by atoms with Crippen LogP contribution in [0, 0.1) is 0 Å². The summed E-state index contributed by atoms with van der Waals surface area (Å²) in [4.78, 5) is 0. The number of hydrogen-bond donors (Lipinski definition) is 3. The summed E-state index contributed by atoms with van der Waals surface area (Å²) in [5.41, 5.74) is 0.957. The zero-order chi connectivity index (χ0) is 13.5. The normalized spacial score (nSPS) is 37.1. The van der Waals surface area contributed by atoms with E-state index in [2.05, 4.69) is 0 Å². The zero-order valence-electron chi connectivity index (χ0n) is 10.5. The Bertz CT molecular complexity index is 436. The number of aliphatic hydroxyl groups excluding tert-OH is 3. The van der Waals surface area contributed by atoms with Crippen molar-refractivity contribution in [2.24, 2.45) is 0 Å². The van der Waals surface area contributed by atoms with E-state index in [1.165, 1.54) is 0 Å². The number of hydrogen-bond acceptors (Lipinski definition) is 5. The maximum atomic E-state index is 10.2. The fourth-order valence-corrected chi connectivity index (χ4v) is 2.88. The molecule has 1 saturated heterocycles. The first-order valence-corrected chi connectivity index (χ1v) is 6.56. The molecule has 0 unspecified atom stereocenters. The van der Waals surface area contributed by atoms with Crippen molar-refractivity contribution >= 4 is 0 Å². The van der Waals surface area contributed by atoms with Crippen LogP contribution in [0.15, 0.2) is 24.3 Å². The van der Waals surface area contributed by atoms with Crippen LogP contribution in [-0.4, -0.2) is 46.0 Å². The van der Waals surface area contributed by atoms with Crippen LogP contribution in [0.5, 0.6) is 5.75 Å². The number of benzene rings is 1. The highest BCUT2D eigenvalue weighted by Gasteiger charge is 2.54. The first kappa shape index (κ1) is 12.9. The topological polar surface area (TPSA) is 79.2 Å². The molecule has 4 atom stereocenters. The highest BCUT2D eigenvalue weighted by molar-refractivity contribution is 5.39. The Morgan fingerprint density at radius 1 is 1.26 bits per heavy atom. The molecule has 5 nitrogen and oxygen atoms in total. The lowest BCUT2D eigenvalue weighted by Gasteiger charge is -2.43. The lowest BCUT2D eigenvalue weighted by atomic mass is 9.91. The molecule has 0 amide bonds. The first-order valence-electron chi connectivity index (χ1n) is 6.56. The molecular formula is C14H18O5. The minimum Gasteiger partial charge on any atom is -0.459 e. The molecular weight excluding hydrogens is 248 g/mol. The molecule has 2 heterocycles. The van der Waals surface area contributed by atoms with Crippen molar-refractivity contribution in [2.45, 2.75) is 43.4 Å². The smallest absolute Gasteiger partial charge is 0.243 e. The Hall–Kier alpha value is -1.14. The minimum atomic E-state index is -1.22. The van der Waals surface area contributed by atoms with Gasteiger partial charge in [0.1, 0.15) is 11.9 Å². The Balaban J connectivity index is 1.87. The molecule has 0 bridgehead atoms. The van der Waals surface area contributed by atoms with Crippen LogP contribution in [-0.2, 0) is 11.2 Å². The number of fused-ring (bicyclic) bond motifs is 1. The van der Waals surface area contributed by atoms with Crippen molar-refractivity contribution in [1.82, 2.24) is 0 Å². The van der Waals surface area contributed by atoms with E-state index in [1.54, 1.807) is 0 Å². The summed E-state index contributed by atoms with van der Waals surface area (Å²) < 4.78 is 11.6. The molecule has 19 heavy (non-hydrogen) atoms. The van der Waals surface area contributed by atoms with Crippen molar-refractivity contribution in [3.05, 3.63) is 29.8 Å². The Labute approximate surface area is 111 Å². The zero-order valence-corrected chi connectivity index (χ0v) is 10.5. The summed E-state index contributed by atoms with van der Waals surface area (Å²) in [5.74, 6) is -0.542. The minimum absolute atomic E-state index is 0.0174. The lowest BCUT2D eigenvalue weighted by Crippen LogP contribution is -2.60. The number of ether oxygens (including phenoxy) is 2. The van der Waals surface area contributed by atoms with Crippen LogP contribution in [0.4, 0.5) is 0 Å². The van der Waals surface area contributed by atoms with Crippen LogP contribution >= 0.6 is 0 Å². The molecule has 1 aromatic carbocycles. The van der Waals surface area contributed by atoms with Crippen molar-refractivity contribution in [2.75, 3.05) is 6.61 Å². The summed E-state index contributed by atoms with van der Waals surface area (Å²) in [5, 5.41) is 29.2. The SMILES string of the molecule is OCC[C@@H]1C[C@H](O)[C@@H](O)[C@@]2(Cc3ccccc3O2)O1. The van der Waals surface area contributed by atoms with E-state index in [1.807, 2.05) is 24.3 Å². The summed E-state index contributed by atoms with van der Waals surface area (Å²) in [7, 11) is 0. The van der Waals surface area contributed by atoms with Crippen LogP contribution in [0.3, 0.4) is 0 Å². The van der Waals surface area contributed by atoms with Gasteiger partial charge < -0.3 is 24.8 Å². The van der Waals surface area contributed by atoms with Gasteiger partial charge in [-0.1, -0.05) is 18.2 Å². The van der Waals surface area contributed by atoms with E-state index < -0.39 is 18.0 Å². The molecule has 1 fully saturated rings. The van der Waals surface area contributed by atoms with Gasteiger partial charge in [0.05, 0.1) is 12.2 Å². The molecule has 1 spiro atoms. The van der Waals surface area contributed by atoms with E-state index in [9.17, 15) is 10.2 Å². The molecule has 0 aliphatic carbocycles. The molecule has 3 N–H and O–H groups in total. The Morgan fingerprint density at radius 3 is 2.79 bits per heavy atom. The highest BCUT2D eigenvalue weighted by Crippen LogP contribution is 2.42. The average Bonchev–Trinajstić information content (AvgIpc) is 2.75. The molecule has 5 heteroatoms. The third kappa shape index (κ3) is 2.12. The fourth-order valence-electron chi connectivity index (χ4n) is 2.88. The summed E-state index contributed by atoms with van der Waals surface area (Å²) >= 11 is 0. The van der Waals surface area contributed by atoms with E-state index in [4.69, 9.17) is 14.6 Å². The second kappa shape index (κ2) is 4.76. The molecule has 0 radical (unpaired) electrons. The van der Waals surface area contributed by atoms with Gasteiger partial charge >= 0.3 is 0 Å². The maximum Gasteiger partial charge on any atom is 0.243 e. The number of para-hydroxylation sites is 1. The largest absolute Gasteiger partial charge is 0.459 e. The second-order valence-electron chi connectivity index (χ2n) is 5.20. The molecule has 1 aromatic rings. The summed E-state index contributed by atoms with van der Waals surface area (Å²) in [6, 6.07) is 7.50. The van der Waals surface area contributed by atoms with Gasteiger partial charge in [0.15, 0.2) is 0 Å². The van der Waals surface area contributed by atoms with Crippen molar-refractivity contribution in [3.63, 3.8) is 0 Å². The van der Waals surface area contributed by atoms with E-state index in [0.29, 0.717) is 25.0 Å². The van der Waals surface area contributed by atoms with Gasteiger partial charge in [0.25, 0.3) is 0 Å². The summed E-state index contributed by atoms with van der Waals surface area (Å²) in [6.07, 6.45) is -1.16. The first-order chi connectivity index (χ1) is 9.14. The van der Waals surface area contributed by atoms with Gasteiger partial charge in [0.2, 0.25) is 5.79 Å². The van der Waals surface area contributed by atoms with Gasteiger partial charge in [-0.2, -0.15) is 0 Å². The fraction of sp³-hybridized carbons (Fsp3) is 0.571. The molecule has 0 aromatic heterocycles. The second-order valence-corrected chi connectivity index (χ2v) is 5.20. The van der Waals surface area contributed by atoms with Crippen molar-refractivity contribution < 1.29 is 24.8 Å². The lowest BCUT2D eigenvalue weighted by molar-refractivity contribution is -0.301. The van der Waals surface area contributed by atoms with Crippen molar-refractivity contribution in [1.29, 1.82) is 0 Å². The van der Waals surface area contributed by atoms with E-state index in [-0.39, 0.29) is 12.7 Å². The third-order valence-electron chi connectivity index (χ3n) is 3.83. The van der Waals surface area contributed by atoms with Gasteiger partial charge in [-0.15, -0.1) is 0 Å². The third-order valence-corrected chi connectivity index (χ3v) is 3.83. The molecule has 3 rings (SSSR count). The maximum absolute atomic E-state index is 10.2. The average molecular weight is 266 g/mol. The quantitative estimate of drug-likeness (QED) is 0.713. The Morgan fingerprint density at radius 2 is 2.05 bits per heavy atom. The number of rotatable bonds is 2. The summed E-state index contributed by atoms with van der Waals surface area (Å²) in [6.45, 7) is -0.0174. The predicted molar refractivity (Wildman–Crippen MR) is 66.7 cm³/mol. The van der Waals surface area contributed by atoms with Gasteiger partial charge in [-0.25, -0.2) is 0 Å². The van der Waals surface area contributed by atoms with E-state index >= 15 is 0 Å². The van der Waals surface area contributed by atoms with Gasteiger partial charge in [-0.05, 0) is 12.5 Å². The van der Waals surface area contributed by atoms with Crippen LogP contribution in [0.25, 0.3) is 0 Å². The van der Waals surface area contributed by atoms with Gasteiger partial charge in [0, 0.05) is 25.0 Å². The van der Waals surface area contributed by atoms with Crippen LogP contribution in [0.1, 0.15) is 18.4 Å². The van der Waals surface area contributed by atoms with Crippen molar-refractivity contribution in [3.8, 4) is 5.75 Å². The van der Waals surface area contributed by atoms with Gasteiger partial charge in [-0.3, -0.25) is 0 Å². The molecule has 2 aliphatic rings. The molecule has 0 saturated carbocycles. The highest BCUT2D eigenvalue weighted by atomic mass is 16.7.